The third kappa shape index (κ3) is 7.53. The van der Waals surface area contributed by atoms with Crippen LogP contribution in [0, 0.1) is 0 Å². The Kier molecular flexibility index (Phi) is 10.8. The normalized spacial score (nSPS) is 15.4. The van der Waals surface area contributed by atoms with E-state index in [-0.39, 0.29) is 30.1 Å². The number of carbonyl (C=O) groups excluding carboxylic acids is 1. The van der Waals surface area contributed by atoms with Crippen LogP contribution in [0.1, 0.15) is 47.1 Å². The molecule has 1 amide bonds. The van der Waals surface area contributed by atoms with Gasteiger partial charge < -0.3 is 14.6 Å². The van der Waals surface area contributed by atoms with Crippen molar-refractivity contribution in [3.63, 3.8) is 0 Å². The summed E-state index contributed by atoms with van der Waals surface area (Å²) in [5.41, 5.74) is 3.91. The molecule has 1 unspecified atom stereocenters. The van der Waals surface area contributed by atoms with Crippen molar-refractivity contribution in [3.05, 3.63) is 102 Å². The van der Waals surface area contributed by atoms with Crippen molar-refractivity contribution in [2.75, 3.05) is 40.3 Å². The zero-order chi connectivity index (χ0) is 32.2. The van der Waals surface area contributed by atoms with Gasteiger partial charge in [-0.2, -0.15) is 0 Å². The highest BCUT2D eigenvalue weighted by molar-refractivity contribution is 6.42. The van der Waals surface area contributed by atoms with E-state index < -0.39 is 0 Å². The molecular weight excluding hydrogens is 656 g/mol. The van der Waals surface area contributed by atoms with E-state index in [0.29, 0.717) is 37.8 Å². The molecular formula is C33H35Cl4N5O3. The number of carbonyl (C=O) groups is 1. The SMILES string of the molecule is CO/N=C(\CN(C)C(=O)c1cc(Cl)cc(Cl)c1)C(CCN1CCC(n2c(=O)n(C)c3ccccc32)CC1)c1ccc(Cl)c(Cl)c1. The number of amides is 1. The number of imidazole rings is 1. The van der Waals surface area contributed by atoms with E-state index in [0.717, 1.165) is 49.1 Å². The first kappa shape index (κ1) is 33.4. The fourth-order valence-electron chi connectivity index (χ4n) is 6.17. The molecule has 2 heterocycles. The number of nitrogens with zero attached hydrogens (tertiary/aromatic N) is 5. The topological polar surface area (TPSA) is 72.1 Å². The van der Waals surface area contributed by atoms with Crippen LogP contribution >= 0.6 is 46.4 Å². The Labute approximate surface area is 282 Å². The van der Waals surface area contributed by atoms with Gasteiger partial charge in [-0.25, -0.2) is 4.79 Å². The van der Waals surface area contributed by atoms with Gasteiger partial charge in [-0.05, 0) is 73.8 Å². The number of fused-ring (bicyclic) bond motifs is 1. The molecule has 0 N–H and O–H groups in total. The molecule has 0 saturated carbocycles. The largest absolute Gasteiger partial charge is 0.399 e. The highest BCUT2D eigenvalue weighted by Crippen LogP contribution is 2.31. The maximum Gasteiger partial charge on any atom is 0.329 e. The monoisotopic (exact) mass is 689 g/mol. The summed E-state index contributed by atoms with van der Waals surface area (Å²) in [5, 5.41) is 6.06. The minimum absolute atomic E-state index is 0.0217. The second-order valence-corrected chi connectivity index (χ2v) is 13.1. The summed E-state index contributed by atoms with van der Waals surface area (Å²) in [6.45, 7) is 2.67. The minimum Gasteiger partial charge on any atom is -0.399 e. The maximum absolute atomic E-state index is 13.3. The smallest absolute Gasteiger partial charge is 0.329 e. The number of hydrogen-bond donors (Lipinski definition) is 0. The Morgan fingerprint density at radius 1 is 0.978 bits per heavy atom. The van der Waals surface area contributed by atoms with E-state index in [1.807, 2.05) is 48.0 Å². The number of para-hydroxylation sites is 2. The minimum atomic E-state index is -0.248. The van der Waals surface area contributed by atoms with Crippen LogP contribution in [-0.2, 0) is 11.9 Å². The van der Waals surface area contributed by atoms with Crippen molar-refractivity contribution in [3.8, 4) is 0 Å². The number of hydrogen-bond acceptors (Lipinski definition) is 5. The van der Waals surface area contributed by atoms with Crippen LogP contribution in [0.15, 0.2) is 70.6 Å². The van der Waals surface area contributed by atoms with E-state index in [2.05, 4.69) is 10.1 Å². The summed E-state index contributed by atoms with van der Waals surface area (Å²) in [7, 11) is 5.02. The van der Waals surface area contributed by atoms with Crippen molar-refractivity contribution in [2.45, 2.75) is 31.2 Å². The second kappa shape index (κ2) is 14.6. The predicted molar refractivity (Wildman–Crippen MR) is 184 cm³/mol. The number of benzene rings is 3. The molecule has 45 heavy (non-hydrogen) atoms. The Hall–Kier alpha value is -3.01. The van der Waals surface area contributed by atoms with Gasteiger partial charge in [0.25, 0.3) is 5.91 Å². The lowest BCUT2D eigenvalue weighted by Crippen LogP contribution is -2.39. The number of piperidine rings is 1. The standard InChI is InChI=1S/C33H35Cl4N5O3/c1-39(32(43)22-16-23(34)19-24(35)17-22)20-29(38-45-3)26(21-8-9-27(36)28(37)18-21)12-15-41-13-10-25(11-14-41)42-31-7-5-4-6-30(31)40(2)33(42)44/h4-9,16-19,25-26H,10-15,20H2,1-3H3/b38-29+. The van der Waals surface area contributed by atoms with Gasteiger partial charge in [0.15, 0.2) is 0 Å². The van der Waals surface area contributed by atoms with E-state index in [4.69, 9.17) is 51.2 Å². The number of halogens is 4. The molecule has 1 saturated heterocycles. The lowest BCUT2D eigenvalue weighted by Gasteiger charge is -2.33. The van der Waals surface area contributed by atoms with Crippen molar-refractivity contribution >= 4 is 69.1 Å². The van der Waals surface area contributed by atoms with Crippen molar-refractivity contribution < 1.29 is 9.63 Å². The fraction of sp³-hybridized carbons (Fsp3) is 0.364. The van der Waals surface area contributed by atoms with Gasteiger partial charge in [0, 0.05) is 54.8 Å². The molecule has 238 valence electrons. The molecule has 8 nitrogen and oxygen atoms in total. The van der Waals surface area contributed by atoms with Gasteiger partial charge in [0.2, 0.25) is 0 Å². The quantitative estimate of drug-likeness (QED) is 0.127. The molecule has 4 aromatic rings. The Balaban J connectivity index is 1.32. The van der Waals surface area contributed by atoms with Crippen molar-refractivity contribution in [2.24, 2.45) is 12.2 Å². The average molecular weight is 691 g/mol. The third-order valence-corrected chi connectivity index (χ3v) is 9.64. The average Bonchev–Trinajstić information content (AvgIpc) is 3.27. The van der Waals surface area contributed by atoms with E-state index >= 15 is 0 Å². The summed E-state index contributed by atoms with van der Waals surface area (Å²) in [6, 6.07) is 18.4. The van der Waals surface area contributed by atoms with Gasteiger partial charge >= 0.3 is 5.69 Å². The molecule has 0 spiro atoms. The zero-order valence-corrected chi connectivity index (χ0v) is 28.4. The number of aryl methyl sites for hydroxylation is 1. The molecule has 3 aromatic carbocycles. The van der Waals surface area contributed by atoms with E-state index in [1.54, 1.807) is 40.8 Å². The predicted octanol–water partition coefficient (Wildman–Crippen LogP) is 7.54. The number of rotatable bonds is 10. The number of oxime groups is 1. The molecule has 1 atom stereocenters. The second-order valence-electron chi connectivity index (χ2n) is 11.4. The Morgan fingerprint density at radius 3 is 2.29 bits per heavy atom. The summed E-state index contributed by atoms with van der Waals surface area (Å²) >= 11 is 25.0. The number of aromatic nitrogens is 2. The van der Waals surface area contributed by atoms with Crippen LogP contribution in [0.3, 0.4) is 0 Å². The summed E-state index contributed by atoms with van der Waals surface area (Å²) in [4.78, 5) is 35.7. The van der Waals surface area contributed by atoms with Crippen molar-refractivity contribution in [1.82, 2.24) is 18.9 Å². The van der Waals surface area contributed by atoms with Gasteiger partial charge in [-0.1, -0.05) is 69.8 Å². The molecule has 1 fully saturated rings. The van der Waals surface area contributed by atoms with Crippen LogP contribution in [-0.4, -0.2) is 70.9 Å². The van der Waals surface area contributed by atoms with E-state index in [1.165, 1.54) is 7.11 Å². The zero-order valence-electron chi connectivity index (χ0n) is 25.4. The van der Waals surface area contributed by atoms with Crippen LogP contribution in [0.4, 0.5) is 0 Å². The summed E-state index contributed by atoms with van der Waals surface area (Å²) in [6.07, 6.45) is 2.43. The fourth-order valence-corrected chi connectivity index (χ4v) is 7.00. The van der Waals surface area contributed by atoms with Gasteiger partial charge in [0.1, 0.15) is 7.11 Å². The lowest BCUT2D eigenvalue weighted by molar-refractivity contribution is 0.0812. The highest BCUT2D eigenvalue weighted by atomic mass is 35.5. The molecule has 5 rings (SSSR count). The highest BCUT2D eigenvalue weighted by Gasteiger charge is 2.28. The van der Waals surface area contributed by atoms with Crippen molar-refractivity contribution in [1.29, 1.82) is 0 Å². The first-order valence-electron chi connectivity index (χ1n) is 14.7. The summed E-state index contributed by atoms with van der Waals surface area (Å²) < 4.78 is 3.68. The summed E-state index contributed by atoms with van der Waals surface area (Å²) in [5.74, 6) is -0.460. The molecule has 1 aliphatic heterocycles. The Bertz CT molecular complexity index is 1760. The first-order chi connectivity index (χ1) is 21.6. The van der Waals surface area contributed by atoms with Crippen LogP contribution < -0.4 is 5.69 Å². The molecule has 0 bridgehead atoms. The lowest BCUT2D eigenvalue weighted by atomic mass is 9.89. The van der Waals surface area contributed by atoms with E-state index in [9.17, 15) is 9.59 Å². The number of likely N-dealkylation sites (tertiary alicyclic amines) is 1. The van der Waals surface area contributed by atoms with Crippen LogP contribution in [0.2, 0.25) is 20.1 Å². The first-order valence-corrected chi connectivity index (χ1v) is 16.2. The molecule has 1 aliphatic rings. The van der Waals surface area contributed by atoms with Gasteiger partial charge in [0.05, 0.1) is 33.3 Å². The van der Waals surface area contributed by atoms with Gasteiger partial charge in [-0.15, -0.1) is 0 Å². The molecule has 0 aliphatic carbocycles. The van der Waals surface area contributed by atoms with Gasteiger partial charge in [-0.3, -0.25) is 13.9 Å². The molecule has 1 aromatic heterocycles. The molecule has 0 radical (unpaired) electrons. The van der Waals surface area contributed by atoms with Crippen LogP contribution in [0.5, 0.6) is 0 Å². The molecule has 12 heteroatoms. The maximum atomic E-state index is 13.3. The third-order valence-electron chi connectivity index (χ3n) is 8.46. The van der Waals surface area contributed by atoms with Crippen LogP contribution in [0.25, 0.3) is 11.0 Å². The Morgan fingerprint density at radius 2 is 1.64 bits per heavy atom.